The lowest BCUT2D eigenvalue weighted by molar-refractivity contribution is -0.134. The van der Waals surface area contributed by atoms with Gasteiger partial charge in [0.05, 0.1) is 0 Å². The number of carbonyl (C=O) groups excluding carboxylic acids is 3. The quantitative estimate of drug-likeness (QED) is 0.791. The molecule has 0 radical (unpaired) electrons. The van der Waals surface area contributed by atoms with Gasteiger partial charge in [-0.25, -0.2) is 0 Å². The van der Waals surface area contributed by atoms with Crippen LogP contribution in [0, 0.1) is 0 Å². The zero-order valence-electron chi connectivity index (χ0n) is 11.2. The molecule has 0 atom stereocenters. The summed E-state index contributed by atoms with van der Waals surface area (Å²) >= 11 is 0. The molecule has 1 saturated heterocycles. The zero-order chi connectivity index (χ0) is 13.5. The first-order valence-corrected chi connectivity index (χ1v) is 6.59. The summed E-state index contributed by atoms with van der Waals surface area (Å²) in [5.74, 6) is 0.162. The summed E-state index contributed by atoms with van der Waals surface area (Å²) in [6.45, 7) is 4.67. The van der Waals surface area contributed by atoms with Gasteiger partial charge in [-0.2, -0.15) is 0 Å². The minimum absolute atomic E-state index is 0.0467. The van der Waals surface area contributed by atoms with Crippen LogP contribution in [0.4, 0.5) is 0 Å². The number of likely N-dealkylation sites (tertiary alicyclic amines) is 1. The first-order valence-electron chi connectivity index (χ1n) is 6.59. The van der Waals surface area contributed by atoms with E-state index in [2.05, 4.69) is 5.32 Å². The number of carbonyl (C=O) groups is 3. The van der Waals surface area contributed by atoms with E-state index < -0.39 is 0 Å². The summed E-state index contributed by atoms with van der Waals surface area (Å²) in [5.41, 5.74) is 0. The smallest absolute Gasteiger partial charge is 0.223 e. The number of rotatable bonds is 5. The minimum Gasteiger partial charge on any atom is -0.353 e. The Labute approximate surface area is 108 Å². The van der Waals surface area contributed by atoms with Gasteiger partial charge in [-0.05, 0) is 19.8 Å². The van der Waals surface area contributed by atoms with Crippen molar-refractivity contribution in [3.8, 4) is 0 Å². The Morgan fingerprint density at radius 1 is 1.17 bits per heavy atom. The number of nitrogens with zero attached hydrogens (tertiary/aromatic N) is 1. The standard InChI is InChI=1S/C13H22N2O3/c1-3-12(17)14-11-6-8-15(9-7-11)13(18)5-4-10(2)16/h11H,3-9H2,1-2H3,(H,14,17). The van der Waals surface area contributed by atoms with Crippen LogP contribution in [-0.2, 0) is 14.4 Å². The van der Waals surface area contributed by atoms with Crippen LogP contribution >= 0.6 is 0 Å². The third kappa shape index (κ3) is 4.85. The van der Waals surface area contributed by atoms with Gasteiger partial charge in [-0.15, -0.1) is 0 Å². The monoisotopic (exact) mass is 254 g/mol. The maximum Gasteiger partial charge on any atom is 0.223 e. The van der Waals surface area contributed by atoms with Crippen molar-refractivity contribution >= 4 is 17.6 Å². The van der Waals surface area contributed by atoms with E-state index in [1.165, 1.54) is 6.92 Å². The molecule has 0 aromatic heterocycles. The molecule has 1 aliphatic rings. The molecule has 0 bridgehead atoms. The maximum absolute atomic E-state index is 11.8. The molecule has 0 unspecified atom stereocenters. The first kappa shape index (κ1) is 14.7. The molecule has 1 heterocycles. The minimum atomic E-state index is 0.0467. The highest BCUT2D eigenvalue weighted by Gasteiger charge is 2.23. The highest BCUT2D eigenvalue weighted by atomic mass is 16.2. The van der Waals surface area contributed by atoms with E-state index >= 15 is 0 Å². The molecule has 0 spiro atoms. The normalized spacial score (nSPS) is 16.4. The summed E-state index contributed by atoms with van der Waals surface area (Å²) in [6, 6.07) is 0.189. The third-order valence-corrected chi connectivity index (χ3v) is 3.22. The van der Waals surface area contributed by atoms with Gasteiger partial charge < -0.3 is 15.0 Å². The van der Waals surface area contributed by atoms with Crippen molar-refractivity contribution in [3.63, 3.8) is 0 Å². The van der Waals surface area contributed by atoms with Gasteiger partial charge in [0, 0.05) is 38.4 Å². The van der Waals surface area contributed by atoms with Crippen molar-refractivity contribution in [2.45, 2.75) is 52.0 Å². The van der Waals surface area contributed by atoms with Crippen LogP contribution in [0.15, 0.2) is 0 Å². The van der Waals surface area contributed by atoms with Crippen molar-refractivity contribution < 1.29 is 14.4 Å². The van der Waals surface area contributed by atoms with Crippen molar-refractivity contribution in [2.24, 2.45) is 0 Å². The summed E-state index contributed by atoms with van der Waals surface area (Å²) in [6.07, 6.45) is 2.74. The summed E-state index contributed by atoms with van der Waals surface area (Å²) in [5, 5.41) is 2.95. The van der Waals surface area contributed by atoms with Crippen LogP contribution in [-0.4, -0.2) is 41.6 Å². The molecular formula is C13H22N2O3. The van der Waals surface area contributed by atoms with Crippen molar-refractivity contribution in [1.29, 1.82) is 0 Å². The van der Waals surface area contributed by atoms with Gasteiger partial charge in [-0.1, -0.05) is 6.92 Å². The second kappa shape index (κ2) is 7.13. The fourth-order valence-electron chi connectivity index (χ4n) is 2.04. The molecule has 0 aromatic carbocycles. The van der Waals surface area contributed by atoms with Gasteiger partial charge in [0.25, 0.3) is 0 Å². The van der Waals surface area contributed by atoms with E-state index in [1.807, 2.05) is 6.92 Å². The number of amides is 2. The lowest BCUT2D eigenvalue weighted by Gasteiger charge is -2.32. The van der Waals surface area contributed by atoms with E-state index in [0.717, 1.165) is 12.8 Å². The van der Waals surface area contributed by atoms with Crippen molar-refractivity contribution in [3.05, 3.63) is 0 Å². The summed E-state index contributed by atoms with van der Waals surface area (Å²) in [4.78, 5) is 35.6. The Hall–Kier alpha value is -1.39. The molecule has 1 N–H and O–H groups in total. The van der Waals surface area contributed by atoms with Gasteiger partial charge >= 0.3 is 0 Å². The first-order chi connectivity index (χ1) is 8.52. The van der Waals surface area contributed by atoms with E-state index in [9.17, 15) is 14.4 Å². The van der Waals surface area contributed by atoms with E-state index in [0.29, 0.717) is 32.4 Å². The second-order valence-corrected chi connectivity index (χ2v) is 4.78. The molecule has 1 aliphatic heterocycles. The number of hydrogen-bond donors (Lipinski definition) is 1. The average molecular weight is 254 g/mol. The second-order valence-electron chi connectivity index (χ2n) is 4.78. The van der Waals surface area contributed by atoms with E-state index in [4.69, 9.17) is 0 Å². The predicted octanol–water partition coefficient (Wildman–Crippen LogP) is 0.873. The van der Waals surface area contributed by atoms with Gasteiger partial charge in [-0.3, -0.25) is 9.59 Å². The van der Waals surface area contributed by atoms with Crippen LogP contribution in [0.3, 0.4) is 0 Å². The molecular weight excluding hydrogens is 232 g/mol. The molecule has 0 saturated carbocycles. The average Bonchev–Trinajstić information content (AvgIpc) is 2.36. The van der Waals surface area contributed by atoms with E-state index in [-0.39, 0.29) is 23.6 Å². The maximum atomic E-state index is 11.8. The van der Waals surface area contributed by atoms with Gasteiger partial charge in [0.2, 0.25) is 11.8 Å². The summed E-state index contributed by atoms with van der Waals surface area (Å²) < 4.78 is 0. The Bertz CT molecular complexity index is 320. The highest BCUT2D eigenvalue weighted by molar-refractivity contribution is 5.83. The summed E-state index contributed by atoms with van der Waals surface area (Å²) in [7, 11) is 0. The molecule has 0 aliphatic carbocycles. The molecule has 1 rings (SSSR count). The predicted molar refractivity (Wildman–Crippen MR) is 68.0 cm³/mol. The van der Waals surface area contributed by atoms with Crippen LogP contribution < -0.4 is 5.32 Å². The Morgan fingerprint density at radius 2 is 1.78 bits per heavy atom. The topological polar surface area (TPSA) is 66.5 Å². The molecule has 0 aromatic rings. The number of nitrogens with one attached hydrogen (secondary N) is 1. The molecule has 102 valence electrons. The molecule has 1 fully saturated rings. The van der Waals surface area contributed by atoms with Crippen molar-refractivity contribution in [2.75, 3.05) is 13.1 Å². The molecule has 5 heteroatoms. The van der Waals surface area contributed by atoms with E-state index in [1.54, 1.807) is 4.90 Å². The fourth-order valence-corrected chi connectivity index (χ4v) is 2.04. The fraction of sp³-hybridized carbons (Fsp3) is 0.769. The highest BCUT2D eigenvalue weighted by Crippen LogP contribution is 2.12. The Balaban J connectivity index is 2.28. The number of ketones is 1. The van der Waals surface area contributed by atoms with Crippen LogP contribution in [0.1, 0.15) is 46.0 Å². The lowest BCUT2D eigenvalue weighted by atomic mass is 10.0. The van der Waals surface area contributed by atoms with Crippen LogP contribution in [0.25, 0.3) is 0 Å². The van der Waals surface area contributed by atoms with Crippen LogP contribution in [0.5, 0.6) is 0 Å². The number of Topliss-reactive ketones (excluding diaryl/α,β-unsaturated/α-hetero) is 1. The molecule has 2 amide bonds. The third-order valence-electron chi connectivity index (χ3n) is 3.22. The molecule has 18 heavy (non-hydrogen) atoms. The zero-order valence-corrected chi connectivity index (χ0v) is 11.2. The number of hydrogen-bond acceptors (Lipinski definition) is 3. The largest absolute Gasteiger partial charge is 0.353 e. The number of piperidine rings is 1. The van der Waals surface area contributed by atoms with Gasteiger partial charge in [0.15, 0.2) is 0 Å². The lowest BCUT2D eigenvalue weighted by Crippen LogP contribution is -2.46. The SMILES string of the molecule is CCC(=O)NC1CCN(C(=O)CCC(C)=O)CC1. The van der Waals surface area contributed by atoms with Crippen LogP contribution in [0.2, 0.25) is 0 Å². The van der Waals surface area contributed by atoms with Gasteiger partial charge in [0.1, 0.15) is 5.78 Å². The molecule has 5 nitrogen and oxygen atoms in total. The van der Waals surface area contributed by atoms with Crippen molar-refractivity contribution in [1.82, 2.24) is 10.2 Å². The Morgan fingerprint density at radius 3 is 2.28 bits per heavy atom. The Kier molecular flexibility index (Phi) is 5.82.